The van der Waals surface area contributed by atoms with Gasteiger partial charge in [0.2, 0.25) is 0 Å². The zero-order valence-electron chi connectivity index (χ0n) is 12.8. The molecule has 1 aliphatic rings. The van der Waals surface area contributed by atoms with Crippen molar-refractivity contribution in [3.05, 3.63) is 65.7 Å². The number of rotatable bonds is 5. The molecule has 0 radical (unpaired) electrons. The third-order valence-corrected chi connectivity index (χ3v) is 4.50. The van der Waals surface area contributed by atoms with Crippen molar-refractivity contribution < 1.29 is 4.74 Å². The second-order valence-electron chi connectivity index (χ2n) is 5.91. The summed E-state index contributed by atoms with van der Waals surface area (Å²) in [4.78, 5) is 0. The van der Waals surface area contributed by atoms with Crippen LogP contribution in [0.15, 0.2) is 54.6 Å². The molecule has 2 aromatic carbocycles. The molecule has 0 saturated heterocycles. The monoisotopic (exact) mass is 281 g/mol. The van der Waals surface area contributed by atoms with Crippen LogP contribution in [0.25, 0.3) is 0 Å². The molecule has 0 amide bonds. The van der Waals surface area contributed by atoms with Crippen LogP contribution in [0.3, 0.4) is 0 Å². The summed E-state index contributed by atoms with van der Waals surface area (Å²) in [6, 6.07) is 20.1. The fourth-order valence-corrected chi connectivity index (χ4v) is 3.20. The molecule has 1 N–H and O–H groups in total. The number of benzene rings is 2. The number of para-hydroxylation sites is 1. The Balaban J connectivity index is 1.56. The molecule has 1 aliphatic carbocycles. The fraction of sp³-hybridized carbons (Fsp3) is 0.368. The molecule has 0 aliphatic heterocycles. The molecule has 1 atom stereocenters. The van der Waals surface area contributed by atoms with Crippen LogP contribution in [0.2, 0.25) is 0 Å². The maximum absolute atomic E-state index is 5.47. The van der Waals surface area contributed by atoms with Crippen LogP contribution in [-0.4, -0.2) is 13.2 Å². The Morgan fingerprint density at radius 3 is 2.38 bits per heavy atom. The fourth-order valence-electron chi connectivity index (χ4n) is 3.20. The van der Waals surface area contributed by atoms with Gasteiger partial charge >= 0.3 is 0 Å². The first-order valence-electron chi connectivity index (χ1n) is 7.72. The molecule has 21 heavy (non-hydrogen) atoms. The third-order valence-electron chi connectivity index (χ3n) is 4.50. The summed E-state index contributed by atoms with van der Waals surface area (Å²) in [6.45, 7) is 2.24. The predicted octanol–water partition coefficient (Wildman–Crippen LogP) is 4.29. The maximum atomic E-state index is 5.47. The van der Waals surface area contributed by atoms with E-state index in [-0.39, 0.29) is 0 Å². The highest BCUT2D eigenvalue weighted by Crippen LogP contribution is 2.41. The van der Waals surface area contributed by atoms with Crippen LogP contribution in [0.5, 0.6) is 5.75 Å². The van der Waals surface area contributed by atoms with E-state index in [1.165, 1.54) is 24.0 Å². The van der Waals surface area contributed by atoms with Gasteiger partial charge in [0.15, 0.2) is 0 Å². The molecule has 1 saturated carbocycles. The largest absolute Gasteiger partial charge is 0.496 e. The minimum Gasteiger partial charge on any atom is -0.496 e. The van der Waals surface area contributed by atoms with E-state index in [2.05, 4.69) is 60.8 Å². The first-order valence-corrected chi connectivity index (χ1v) is 7.72. The van der Waals surface area contributed by atoms with Gasteiger partial charge in [0.05, 0.1) is 7.11 Å². The third kappa shape index (κ3) is 3.11. The van der Waals surface area contributed by atoms with Gasteiger partial charge in [0.25, 0.3) is 0 Å². The zero-order chi connectivity index (χ0) is 14.7. The second-order valence-corrected chi connectivity index (χ2v) is 5.91. The van der Waals surface area contributed by atoms with Crippen LogP contribution in [0.1, 0.15) is 42.9 Å². The lowest BCUT2D eigenvalue weighted by atomic mass is 9.75. The van der Waals surface area contributed by atoms with Crippen molar-refractivity contribution in [2.24, 2.45) is 0 Å². The van der Waals surface area contributed by atoms with Gasteiger partial charge in [-0.25, -0.2) is 0 Å². The lowest BCUT2D eigenvalue weighted by molar-refractivity contribution is 0.265. The molecule has 3 rings (SSSR count). The SMILES string of the molecule is COc1ccccc1C1CC(NC(C)c2ccccc2)C1. The molecule has 0 heterocycles. The van der Waals surface area contributed by atoms with E-state index in [0.29, 0.717) is 18.0 Å². The van der Waals surface area contributed by atoms with Gasteiger partial charge in [0.1, 0.15) is 5.75 Å². The van der Waals surface area contributed by atoms with Gasteiger partial charge < -0.3 is 10.1 Å². The summed E-state index contributed by atoms with van der Waals surface area (Å²) in [5.41, 5.74) is 2.71. The van der Waals surface area contributed by atoms with Crippen molar-refractivity contribution in [2.45, 2.75) is 37.8 Å². The van der Waals surface area contributed by atoms with Crippen molar-refractivity contribution in [1.29, 1.82) is 0 Å². The van der Waals surface area contributed by atoms with Gasteiger partial charge in [-0.2, -0.15) is 0 Å². The first kappa shape index (κ1) is 14.2. The molecular weight excluding hydrogens is 258 g/mol. The minimum absolute atomic E-state index is 0.412. The van der Waals surface area contributed by atoms with Crippen molar-refractivity contribution in [2.75, 3.05) is 7.11 Å². The van der Waals surface area contributed by atoms with Gasteiger partial charge in [-0.15, -0.1) is 0 Å². The highest BCUT2D eigenvalue weighted by molar-refractivity contribution is 5.37. The molecule has 2 heteroatoms. The molecule has 1 fully saturated rings. The van der Waals surface area contributed by atoms with Crippen molar-refractivity contribution >= 4 is 0 Å². The molecule has 0 bridgehead atoms. The van der Waals surface area contributed by atoms with Crippen molar-refractivity contribution in [1.82, 2.24) is 5.32 Å². The molecule has 0 spiro atoms. The van der Waals surface area contributed by atoms with Crippen LogP contribution in [-0.2, 0) is 0 Å². The van der Waals surface area contributed by atoms with Crippen LogP contribution >= 0.6 is 0 Å². The number of ether oxygens (including phenoxy) is 1. The van der Waals surface area contributed by atoms with Crippen LogP contribution < -0.4 is 10.1 Å². The van der Waals surface area contributed by atoms with E-state index in [1.54, 1.807) is 7.11 Å². The quantitative estimate of drug-likeness (QED) is 0.882. The van der Waals surface area contributed by atoms with Gasteiger partial charge in [0, 0.05) is 12.1 Å². The van der Waals surface area contributed by atoms with E-state index in [9.17, 15) is 0 Å². The number of hydrogen-bond acceptors (Lipinski definition) is 2. The summed E-state index contributed by atoms with van der Waals surface area (Å²) in [6.07, 6.45) is 2.38. The average Bonchev–Trinajstić information content (AvgIpc) is 2.51. The van der Waals surface area contributed by atoms with E-state index < -0.39 is 0 Å². The molecule has 2 nitrogen and oxygen atoms in total. The summed E-state index contributed by atoms with van der Waals surface area (Å²) in [5.74, 6) is 1.65. The highest BCUT2D eigenvalue weighted by Gasteiger charge is 2.32. The zero-order valence-corrected chi connectivity index (χ0v) is 12.8. The van der Waals surface area contributed by atoms with Crippen molar-refractivity contribution in [3.8, 4) is 5.75 Å². The molecule has 110 valence electrons. The Hall–Kier alpha value is -1.80. The number of nitrogens with one attached hydrogen (secondary N) is 1. The van der Waals surface area contributed by atoms with Gasteiger partial charge in [-0.1, -0.05) is 48.5 Å². The first-order chi connectivity index (χ1) is 10.3. The molecular formula is C19H23NO. The molecule has 2 aromatic rings. The summed E-state index contributed by atoms with van der Waals surface area (Å²) in [5, 5.41) is 3.73. The normalized spacial score (nSPS) is 22.4. The number of hydrogen-bond donors (Lipinski definition) is 1. The second kappa shape index (κ2) is 6.31. The highest BCUT2D eigenvalue weighted by atomic mass is 16.5. The van der Waals surface area contributed by atoms with Gasteiger partial charge in [-0.05, 0) is 42.9 Å². The van der Waals surface area contributed by atoms with Crippen LogP contribution in [0.4, 0.5) is 0 Å². The summed E-state index contributed by atoms with van der Waals surface area (Å²) >= 11 is 0. The Kier molecular flexibility index (Phi) is 4.26. The molecule has 0 aromatic heterocycles. The topological polar surface area (TPSA) is 21.3 Å². The lowest BCUT2D eigenvalue weighted by Crippen LogP contribution is -2.41. The van der Waals surface area contributed by atoms with E-state index in [4.69, 9.17) is 4.74 Å². The maximum Gasteiger partial charge on any atom is 0.122 e. The van der Waals surface area contributed by atoms with Crippen molar-refractivity contribution in [3.63, 3.8) is 0 Å². The standard InChI is InChI=1S/C19H23NO/c1-14(15-8-4-3-5-9-15)20-17-12-16(13-17)18-10-6-7-11-19(18)21-2/h3-11,14,16-17,20H,12-13H2,1-2H3. The average molecular weight is 281 g/mol. The predicted molar refractivity (Wildman–Crippen MR) is 86.7 cm³/mol. The van der Waals surface area contributed by atoms with E-state index in [0.717, 1.165) is 5.75 Å². The van der Waals surface area contributed by atoms with Crippen LogP contribution in [0, 0.1) is 0 Å². The Labute approximate surface area is 127 Å². The lowest BCUT2D eigenvalue weighted by Gasteiger charge is -2.38. The van der Waals surface area contributed by atoms with E-state index >= 15 is 0 Å². The summed E-state index contributed by atoms with van der Waals surface area (Å²) < 4.78 is 5.47. The smallest absolute Gasteiger partial charge is 0.122 e. The summed E-state index contributed by atoms with van der Waals surface area (Å²) in [7, 11) is 1.75. The Bertz CT molecular complexity index is 575. The Morgan fingerprint density at radius 2 is 1.67 bits per heavy atom. The molecule has 1 unspecified atom stereocenters. The minimum atomic E-state index is 0.412. The number of methoxy groups -OCH3 is 1. The Morgan fingerprint density at radius 1 is 1.00 bits per heavy atom. The van der Waals surface area contributed by atoms with E-state index in [1.807, 2.05) is 6.07 Å². The van der Waals surface area contributed by atoms with Gasteiger partial charge in [-0.3, -0.25) is 0 Å².